The van der Waals surface area contributed by atoms with E-state index in [0.717, 1.165) is 43.1 Å². The Morgan fingerprint density at radius 2 is 1.68 bits per heavy atom. The van der Waals surface area contributed by atoms with Gasteiger partial charge in [0.15, 0.2) is 6.23 Å². The molecule has 232 valence electrons. The summed E-state index contributed by atoms with van der Waals surface area (Å²) in [4.78, 5) is 35.5. The van der Waals surface area contributed by atoms with Crippen LogP contribution in [-0.4, -0.2) is 87.0 Å². The van der Waals surface area contributed by atoms with Crippen molar-refractivity contribution >= 4 is 21.5 Å². The van der Waals surface area contributed by atoms with E-state index in [1.807, 2.05) is 6.92 Å². The first-order valence-corrected chi connectivity index (χ1v) is 16.1. The molecule has 1 aliphatic heterocycles. The fourth-order valence-electron chi connectivity index (χ4n) is 3.65. The molecule has 1 aliphatic rings. The molecular formula is C22H41N3O13P2. The quantitative estimate of drug-likeness (QED) is 0.103. The molecule has 0 saturated carbocycles. The minimum absolute atomic E-state index is 0.0722. The molecule has 0 spiro atoms. The van der Waals surface area contributed by atoms with E-state index in [1.165, 1.54) is 12.3 Å². The summed E-state index contributed by atoms with van der Waals surface area (Å²) in [6.07, 6.45) is -0.136. The number of phosphoric ester groups is 2. The van der Waals surface area contributed by atoms with Gasteiger partial charge in [-0.25, -0.2) is 13.9 Å². The second-order valence-corrected chi connectivity index (χ2v) is 12.2. The fourth-order valence-corrected chi connectivity index (χ4v) is 5.76. The maximum Gasteiger partial charge on any atom is 0.481 e. The standard InChI is InChI=1S/C22H41N3O13P2/c1-3-5-7-11-33-13-16(34-12-8-6-4-2)14-35-39(29,30)38-40(31,32)36-15-17-19(26)20(27)21(37-17)25-10-9-18(23)24-22(25)28/h9-10,16-17,19-21,26-27H,3-8,11-15H2,1-2H3,(H,29,30)(H,31,32)(H2,23,24,28)/t16-,17-,19-,20-,21-/m1/s1. The van der Waals surface area contributed by atoms with Crippen LogP contribution in [0.15, 0.2) is 17.1 Å². The summed E-state index contributed by atoms with van der Waals surface area (Å²) in [5.41, 5.74) is 4.56. The lowest BCUT2D eigenvalue weighted by Gasteiger charge is -2.21. The van der Waals surface area contributed by atoms with E-state index in [2.05, 4.69) is 16.2 Å². The summed E-state index contributed by atoms with van der Waals surface area (Å²) in [6.45, 7) is 3.70. The average molecular weight is 618 g/mol. The highest BCUT2D eigenvalue weighted by atomic mass is 31.3. The zero-order valence-corrected chi connectivity index (χ0v) is 24.4. The van der Waals surface area contributed by atoms with Gasteiger partial charge in [0.2, 0.25) is 0 Å². The molecule has 0 aromatic carbocycles. The van der Waals surface area contributed by atoms with Crippen LogP contribution in [0.5, 0.6) is 0 Å². The number of nitrogens with zero attached hydrogens (tertiary/aromatic N) is 2. The third kappa shape index (κ3) is 11.9. The summed E-state index contributed by atoms with van der Waals surface area (Å²) in [6, 6.07) is 1.27. The number of unbranched alkanes of at least 4 members (excludes halogenated alkanes) is 4. The van der Waals surface area contributed by atoms with Crippen molar-refractivity contribution in [1.29, 1.82) is 0 Å². The number of aliphatic hydroxyl groups is 2. The van der Waals surface area contributed by atoms with Gasteiger partial charge in [0.05, 0.1) is 19.8 Å². The SMILES string of the molecule is CCCCCOC[C@H](COP(=O)(O)OP(=O)(O)OC[C@H]1O[C@@H](n2ccc(N)nc2=O)[C@H](O)[C@@H]1O)OCCCCC. The first-order valence-electron chi connectivity index (χ1n) is 13.1. The predicted molar refractivity (Wildman–Crippen MR) is 141 cm³/mol. The number of hydrogen-bond donors (Lipinski definition) is 5. The van der Waals surface area contributed by atoms with E-state index >= 15 is 0 Å². The summed E-state index contributed by atoms with van der Waals surface area (Å²) < 4.78 is 56.1. The molecule has 16 nitrogen and oxygen atoms in total. The topological polar surface area (TPSA) is 231 Å². The first kappa shape index (κ1) is 34.9. The van der Waals surface area contributed by atoms with Gasteiger partial charge < -0.3 is 39.9 Å². The Morgan fingerprint density at radius 1 is 1.02 bits per heavy atom. The number of ether oxygens (including phenoxy) is 3. The summed E-state index contributed by atoms with van der Waals surface area (Å²) >= 11 is 0. The van der Waals surface area contributed by atoms with Gasteiger partial charge in [0, 0.05) is 19.4 Å². The van der Waals surface area contributed by atoms with Crippen molar-refractivity contribution < 1.29 is 56.7 Å². The molecule has 18 heteroatoms. The summed E-state index contributed by atoms with van der Waals surface area (Å²) in [7, 11) is -10.3. The van der Waals surface area contributed by atoms with Crippen molar-refractivity contribution in [2.75, 3.05) is 38.8 Å². The zero-order chi connectivity index (χ0) is 29.8. The smallest absolute Gasteiger partial charge is 0.387 e. The van der Waals surface area contributed by atoms with Gasteiger partial charge in [0.25, 0.3) is 0 Å². The zero-order valence-electron chi connectivity index (χ0n) is 22.6. The average Bonchev–Trinajstić information content (AvgIpc) is 3.16. The molecule has 0 aliphatic carbocycles. The van der Waals surface area contributed by atoms with Crippen LogP contribution in [0.2, 0.25) is 0 Å². The van der Waals surface area contributed by atoms with Gasteiger partial charge >= 0.3 is 21.3 Å². The Labute approximate surface area is 232 Å². The number of nitrogens with two attached hydrogens (primary N) is 1. The number of rotatable bonds is 20. The van der Waals surface area contributed by atoms with Crippen molar-refractivity contribution in [2.45, 2.75) is 83.0 Å². The van der Waals surface area contributed by atoms with Gasteiger partial charge in [-0.3, -0.25) is 13.6 Å². The molecule has 0 amide bonds. The van der Waals surface area contributed by atoms with Gasteiger partial charge in [-0.05, 0) is 18.9 Å². The van der Waals surface area contributed by atoms with E-state index in [0.29, 0.717) is 13.2 Å². The molecule has 2 unspecified atom stereocenters. The highest BCUT2D eigenvalue weighted by Gasteiger charge is 2.46. The van der Waals surface area contributed by atoms with Crippen molar-refractivity contribution in [1.82, 2.24) is 9.55 Å². The molecule has 0 bridgehead atoms. The van der Waals surface area contributed by atoms with Gasteiger partial charge in [-0.1, -0.05) is 39.5 Å². The van der Waals surface area contributed by atoms with Crippen molar-refractivity contribution in [3.8, 4) is 0 Å². The fraction of sp³-hybridized carbons (Fsp3) is 0.818. The van der Waals surface area contributed by atoms with E-state index in [-0.39, 0.29) is 12.4 Å². The number of aliphatic hydroxyl groups excluding tert-OH is 2. The molecule has 1 fully saturated rings. The lowest BCUT2D eigenvalue weighted by molar-refractivity contribution is -0.0549. The second kappa shape index (κ2) is 17.0. The van der Waals surface area contributed by atoms with Crippen LogP contribution in [-0.2, 0) is 36.7 Å². The monoisotopic (exact) mass is 617 g/mol. The Bertz CT molecular complexity index is 1050. The highest BCUT2D eigenvalue weighted by Crippen LogP contribution is 2.60. The summed E-state index contributed by atoms with van der Waals surface area (Å²) in [5.74, 6) is -0.0722. The highest BCUT2D eigenvalue weighted by molar-refractivity contribution is 7.61. The van der Waals surface area contributed by atoms with Crippen molar-refractivity contribution in [3.05, 3.63) is 22.7 Å². The van der Waals surface area contributed by atoms with Crippen LogP contribution >= 0.6 is 15.6 Å². The molecule has 7 atom stereocenters. The number of hydrogen-bond acceptors (Lipinski definition) is 13. The molecule has 1 aromatic rings. The van der Waals surface area contributed by atoms with Crippen LogP contribution in [0.25, 0.3) is 0 Å². The minimum atomic E-state index is -5.22. The van der Waals surface area contributed by atoms with Crippen LogP contribution in [0.3, 0.4) is 0 Å². The summed E-state index contributed by atoms with van der Waals surface area (Å²) in [5, 5.41) is 20.5. The van der Waals surface area contributed by atoms with Crippen LogP contribution in [0.1, 0.15) is 58.6 Å². The van der Waals surface area contributed by atoms with Gasteiger partial charge in [-0.2, -0.15) is 9.29 Å². The molecule has 0 radical (unpaired) electrons. The maximum absolute atomic E-state index is 12.4. The predicted octanol–water partition coefficient (Wildman–Crippen LogP) is 1.48. The Hall–Kier alpha value is -1.26. The van der Waals surface area contributed by atoms with E-state index in [1.54, 1.807) is 0 Å². The number of aromatic nitrogens is 2. The first-order chi connectivity index (χ1) is 18.9. The van der Waals surface area contributed by atoms with Crippen LogP contribution in [0, 0.1) is 0 Å². The lowest BCUT2D eigenvalue weighted by atomic mass is 10.1. The molecule has 2 heterocycles. The number of nitrogen functional groups attached to an aromatic ring is 1. The Morgan fingerprint density at radius 3 is 2.33 bits per heavy atom. The third-order valence-electron chi connectivity index (χ3n) is 5.79. The van der Waals surface area contributed by atoms with Crippen LogP contribution in [0.4, 0.5) is 5.82 Å². The Balaban J connectivity index is 1.89. The van der Waals surface area contributed by atoms with E-state index < -0.39 is 65.2 Å². The second-order valence-electron chi connectivity index (χ2n) is 9.18. The molecular weight excluding hydrogens is 576 g/mol. The molecule has 1 saturated heterocycles. The minimum Gasteiger partial charge on any atom is -0.387 e. The van der Waals surface area contributed by atoms with Crippen LogP contribution < -0.4 is 11.4 Å². The molecule has 2 rings (SSSR count). The van der Waals surface area contributed by atoms with E-state index in [9.17, 15) is 33.9 Å². The van der Waals surface area contributed by atoms with Crippen molar-refractivity contribution in [2.24, 2.45) is 0 Å². The van der Waals surface area contributed by atoms with E-state index in [4.69, 9.17) is 29.0 Å². The van der Waals surface area contributed by atoms with Crippen molar-refractivity contribution in [3.63, 3.8) is 0 Å². The Kier molecular flexibility index (Phi) is 14.8. The third-order valence-corrected chi connectivity index (χ3v) is 8.39. The largest absolute Gasteiger partial charge is 0.481 e. The number of phosphoric acid groups is 2. The normalized spacial score (nSPS) is 24.9. The lowest BCUT2D eigenvalue weighted by Crippen LogP contribution is -2.36. The maximum atomic E-state index is 12.4. The van der Waals surface area contributed by atoms with Gasteiger partial charge in [-0.15, -0.1) is 0 Å². The molecule has 6 N–H and O–H groups in total. The van der Waals surface area contributed by atoms with Gasteiger partial charge in [0.1, 0.15) is 30.2 Å². The molecule has 1 aromatic heterocycles. The number of anilines is 1. The molecule has 40 heavy (non-hydrogen) atoms.